The number of benzene rings is 1. The van der Waals surface area contributed by atoms with Crippen LogP contribution in [0.15, 0.2) is 18.2 Å². The van der Waals surface area contributed by atoms with Crippen LogP contribution >= 0.6 is 23.2 Å². The molecule has 5 heteroatoms. The lowest BCUT2D eigenvalue weighted by atomic mass is 10.0. The van der Waals surface area contributed by atoms with E-state index in [2.05, 4.69) is 5.32 Å². The summed E-state index contributed by atoms with van der Waals surface area (Å²) in [5.74, 6) is -0.132. The van der Waals surface area contributed by atoms with Gasteiger partial charge in [-0.15, -0.1) is 0 Å². The zero-order valence-electron chi connectivity index (χ0n) is 9.67. The van der Waals surface area contributed by atoms with E-state index >= 15 is 0 Å². The van der Waals surface area contributed by atoms with Crippen molar-refractivity contribution in [2.45, 2.75) is 19.8 Å². The minimum atomic E-state index is -0.0784. The van der Waals surface area contributed by atoms with Crippen LogP contribution in [0.2, 0.25) is 10.0 Å². The minimum Gasteiger partial charge on any atom is -0.330 e. The molecule has 0 saturated carbocycles. The molecule has 0 aliphatic rings. The van der Waals surface area contributed by atoms with E-state index in [1.807, 2.05) is 6.92 Å². The number of nitrogens with two attached hydrogens (primary N) is 1. The van der Waals surface area contributed by atoms with E-state index in [1.165, 1.54) is 0 Å². The number of nitrogens with one attached hydrogen (secondary N) is 1. The molecular formula is C12H16Cl2N2O. The molecule has 94 valence electrons. The summed E-state index contributed by atoms with van der Waals surface area (Å²) in [5, 5.41) is 3.76. The molecule has 1 aromatic rings. The van der Waals surface area contributed by atoms with Crippen molar-refractivity contribution < 1.29 is 4.79 Å². The van der Waals surface area contributed by atoms with Gasteiger partial charge in [-0.3, -0.25) is 4.79 Å². The molecule has 1 unspecified atom stereocenters. The zero-order chi connectivity index (χ0) is 12.8. The molecule has 0 spiro atoms. The van der Waals surface area contributed by atoms with Crippen molar-refractivity contribution in [3.63, 3.8) is 0 Å². The van der Waals surface area contributed by atoms with Crippen molar-refractivity contribution in [2.24, 2.45) is 11.7 Å². The Hall–Kier alpha value is -0.770. The van der Waals surface area contributed by atoms with E-state index < -0.39 is 0 Å². The predicted molar refractivity (Wildman–Crippen MR) is 72.5 cm³/mol. The van der Waals surface area contributed by atoms with Gasteiger partial charge in [-0.05, 0) is 37.6 Å². The molecule has 0 radical (unpaired) electrons. The maximum Gasteiger partial charge on any atom is 0.227 e. The summed E-state index contributed by atoms with van der Waals surface area (Å²) in [7, 11) is 0. The first-order valence-electron chi connectivity index (χ1n) is 5.50. The summed E-state index contributed by atoms with van der Waals surface area (Å²) in [6.07, 6.45) is 1.61. The van der Waals surface area contributed by atoms with Crippen molar-refractivity contribution in [3.8, 4) is 0 Å². The first kappa shape index (κ1) is 14.3. The van der Waals surface area contributed by atoms with Gasteiger partial charge in [-0.2, -0.15) is 0 Å². The third-order valence-corrected chi connectivity index (χ3v) is 3.03. The number of amides is 1. The van der Waals surface area contributed by atoms with Gasteiger partial charge in [0.15, 0.2) is 0 Å². The van der Waals surface area contributed by atoms with Gasteiger partial charge in [-0.25, -0.2) is 0 Å². The summed E-state index contributed by atoms with van der Waals surface area (Å²) < 4.78 is 0. The molecular weight excluding hydrogens is 259 g/mol. The highest BCUT2D eigenvalue weighted by Crippen LogP contribution is 2.25. The van der Waals surface area contributed by atoms with E-state index in [9.17, 15) is 4.79 Å². The van der Waals surface area contributed by atoms with E-state index in [1.54, 1.807) is 18.2 Å². The SMILES string of the molecule is CC(CCCN)C(=O)Nc1ccc(Cl)cc1Cl. The number of halogens is 2. The standard InChI is InChI=1S/C12H16Cl2N2O/c1-8(3-2-6-15)12(17)16-11-5-4-9(13)7-10(11)14/h4-5,7-8H,2-3,6,15H2,1H3,(H,16,17). The Morgan fingerprint density at radius 1 is 1.47 bits per heavy atom. The fourth-order valence-corrected chi connectivity index (χ4v) is 1.86. The fraction of sp³-hybridized carbons (Fsp3) is 0.417. The van der Waals surface area contributed by atoms with Crippen LogP contribution < -0.4 is 11.1 Å². The largest absolute Gasteiger partial charge is 0.330 e. The van der Waals surface area contributed by atoms with Crippen LogP contribution in [0.5, 0.6) is 0 Å². The monoisotopic (exact) mass is 274 g/mol. The first-order chi connectivity index (χ1) is 8.04. The molecule has 0 fully saturated rings. The molecule has 1 atom stereocenters. The second-order valence-electron chi connectivity index (χ2n) is 3.95. The van der Waals surface area contributed by atoms with Crippen molar-refractivity contribution in [1.82, 2.24) is 0 Å². The van der Waals surface area contributed by atoms with Crippen molar-refractivity contribution in [2.75, 3.05) is 11.9 Å². The number of carbonyl (C=O) groups excluding carboxylic acids is 1. The maximum absolute atomic E-state index is 11.8. The minimum absolute atomic E-state index is 0.0531. The molecule has 0 aliphatic carbocycles. The second-order valence-corrected chi connectivity index (χ2v) is 4.79. The molecule has 3 N–H and O–H groups in total. The summed E-state index contributed by atoms with van der Waals surface area (Å²) in [5.41, 5.74) is 5.99. The Labute approximate surface area is 111 Å². The van der Waals surface area contributed by atoms with Crippen LogP contribution in [0.3, 0.4) is 0 Å². The average Bonchev–Trinajstić information content (AvgIpc) is 2.29. The number of hydrogen-bond acceptors (Lipinski definition) is 2. The molecule has 0 aromatic heterocycles. The van der Waals surface area contributed by atoms with Crippen LogP contribution in [0, 0.1) is 5.92 Å². The van der Waals surface area contributed by atoms with E-state index in [0.717, 1.165) is 12.8 Å². The second kappa shape index (κ2) is 6.84. The number of carbonyl (C=O) groups is 1. The van der Waals surface area contributed by atoms with Crippen LogP contribution in [0.25, 0.3) is 0 Å². The Kier molecular flexibility index (Phi) is 5.75. The lowest BCUT2D eigenvalue weighted by Crippen LogP contribution is -2.21. The Bertz CT molecular complexity index is 396. The van der Waals surface area contributed by atoms with Gasteiger partial charge in [0.1, 0.15) is 0 Å². The first-order valence-corrected chi connectivity index (χ1v) is 6.26. The highest BCUT2D eigenvalue weighted by molar-refractivity contribution is 6.36. The lowest BCUT2D eigenvalue weighted by Gasteiger charge is -2.12. The smallest absolute Gasteiger partial charge is 0.227 e. The van der Waals surface area contributed by atoms with E-state index in [-0.39, 0.29) is 11.8 Å². The van der Waals surface area contributed by atoms with Gasteiger partial charge < -0.3 is 11.1 Å². The molecule has 1 amide bonds. The zero-order valence-corrected chi connectivity index (χ0v) is 11.2. The fourth-order valence-electron chi connectivity index (χ4n) is 1.40. The number of hydrogen-bond donors (Lipinski definition) is 2. The van der Waals surface area contributed by atoms with Crippen LogP contribution in [0.1, 0.15) is 19.8 Å². The molecule has 3 nitrogen and oxygen atoms in total. The van der Waals surface area contributed by atoms with Gasteiger partial charge in [-0.1, -0.05) is 30.1 Å². The van der Waals surface area contributed by atoms with Crippen molar-refractivity contribution >= 4 is 34.8 Å². The van der Waals surface area contributed by atoms with Gasteiger partial charge in [0.2, 0.25) is 5.91 Å². The van der Waals surface area contributed by atoms with Crippen LogP contribution in [-0.2, 0) is 4.79 Å². The predicted octanol–water partition coefficient (Wildman–Crippen LogP) is 3.31. The number of rotatable bonds is 5. The summed E-state index contributed by atoms with van der Waals surface area (Å²) >= 11 is 11.7. The maximum atomic E-state index is 11.8. The van der Waals surface area contributed by atoms with Gasteiger partial charge in [0, 0.05) is 10.9 Å². The topological polar surface area (TPSA) is 55.1 Å². The van der Waals surface area contributed by atoms with Crippen LogP contribution in [-0.4, -0.2) is 12.5 Å². The van der Waals surface area contributed by atoms with Gasteiger partial charge >= 0.3 is 0 Å². The molecule has 1 rings (SSSR count). The highest BCUT2D eigenvalue weighted by atomic mass is 35.5. The Morgan fingerprint density at radius 2 is 2.18 bits per heavy atom. The molecule has 17 heavy (non-hydrogen) atoms. The summed E-state index contributed by atoms with van der Waals surface area (Å²) in [6, 6.07) is 4.98. The molecule has 0 heterocycles. The Morgan fingerprint density at radius 3 is 2.76 bits per heavy atom. The highest BCUT2D eigenvalue weighted by Gasteiger charge is 2.13. The Balaban J connectivity index is 2.61. The quantitative estimate of drug-likeness (QED) is 0.866. The van der Waals surface area contributed by atoms with Crippen molar-refractivity contribution in [3.05, 3.63) is 28.2 Å². The molecule has 0 saturated heterocycles. The third-order valence-electron chi connectivity index (χ3n) is 2.48. The van der Waals surface area contributed by atoms with E-state index in [0.29, 0.717) is 22.3 Å². The van der Waals surface area contributed by atoms with Gasteiger partial charge in [0.25, 0.3) is 0 Å². The van der Waals surface area contributed by atoms with Gasteiger partial charge in [0.05, 0.1) is 10.7 Å². The van der Waals surface area contributed by atoms with E-state index in [4.69, 9.17) is 28.9 Å². The van der Waals surface area contributed by atoms with Crippen molar-refractivity contribution in [1.29, 1.82) is 0 Å². The average molecular weight is 275 g/mol. The lowest BCUT2D eigenvalue weighted by molar-refractivity contribution is -0.119. The molecule has 0 aliphatic heterocycles. The summed E-state index contributed by atoms with van der Waals surface area (Å²) in [4.78, 5) is 11.8. The third kappa shape index (κ3) is 4.54. The normalized spacial score (nSPS) is 12.2. The molecule has 0 bridgehead atoms. The van der Waals surface area contributed by atoms with Crippen LogP contribution in [0.4, 0.5) is 5.69 Å². The number of anilines is 1. The molecule has 1 aromatic carbocycles. The summed E-state index contributed by atoms with van der Waals surface area (Å²) in [6.45, 7) is 2.47.